The lowest BCUT2D eigenvalue weighted by Gasteiger charge is -2.24. The van der Waals surface area contributed by atoms with Crippen molar-refractivity contribution < 1.29 is 27.1 Å². The minimum Gasteiger partial charge on any atom is -0.486 e. The fourth-order valence-electron chi connectivity index (χ4n) is 3.77. The molecule has 0 radical (unpaired) electrons. The molecule has 2 aliphatic rings. The van der Waals surface area contributed by atoms with Crippen molar-refractivity contribution in [3.05, 3.63) is 53.8 Å². The third-order valence-electron chi connectivity index (χ3n) is 5.39. The first-order valence-electron chi connectivity index (χ1n) is 10.5. The summed E-state index contributed by atoms with van der Waals surface area (Å²) in [6.45, 7) is 1.45. The fraction of sp³-hybridized carbons (Fsp3) is 0.409. The number of benzene rings is 2. The van der Waals surface area contributed by atoms with Gasteiger partial charge in [-0.1, -0.05) is 18.2 Å². The van der Waals surface area contributed by atoms with Gasteiger partial charge in [0, 0.05) is 30.7 Å². The Morgan fingerprint density at radius 3 is 2.75 bits per heavy atom. The Kier molecular flexibility index (Phi) is 7.22. The Labute approximate surface area is 191 Å². The average molecular weight is 481 g/mol. The molecule has 2 aromatic rings. The van der Waals surface area contributed by atoms with Gasteiger partial charge in [-0.15, -0.1) is 0 Å². The molecule has 0 spiro atoms. The molecule has 32 heavy (non-hydrogen) atoms. The third-order valence-corrected chi connectivity index (χ3v) is 8.30. The fourth-order valence-corrected chi connectivity index (χ4v) is 6.29. The smallest absolute Gasteiger partial charge is 0.243 e. The number of carbonyl (C=O) groups is 1. The minimum absolute atomic E-state index is 0.0851. The molecule has 1 unspecified atom stereocenters. The summed E-state index contributed by atoms with van der Waals surface area (Å²) in [5.74, 6) is 1.46. The van der Waals surface area contributed by atoms with Crippen LogP contribution in [0, 0.1) is 5.82 Å². The van der Waals surface area contributed by atoms with E-state index in [9.17, 15) is 17.6 Å². The molecule has 2 heterocycles. The molecule has 0 aliphatic carbocycles. The second kappa shape index (κ2) is 10.1. The first kappa shape index (κ1) is 22.9. The zero-order chi connectivity index (χ0) is 22.6. The summed E-state index contributed by atoms with van der Waals surface area (Å²) in [6.07, 6.45) is 1.09. The van der Waals surface area contributed by atoms with Crippen LogP contribution in [-0.4, -0.2) is 56.7 Å². The lowest BCUT2D eigenvalue weighted by atomic mass is 10.2. The van der Waals surface area contributed by atoms with Crippen molar-refractivity contribution in [3.8, 4) is 11.5 Å². The van der Waals surface area contributed by atoms with Crippen LogP contribution in [-0.2, 0) is 20.6 Å². The number of hydrogen-bond acceptors (Lipinski definition) is 6. The van der Waals surface area contributed by atoms with E-state index in [0.29, 0.717) is 61.2 Å². The second-order valence-electron chi connectivity index (χ2n) is 7.51. The van der Waals surface area contributed by atoms with Gasteiger partial charge >= 0.3 is 0 Å². The lowest BCUT2D eigenvalue weighted by molar-refractivity contribution is -0.124. The molecule has 0 bridgehead atoms. The van der Waals surface area contributed by atoms with Crippen LogP contribution >= 0.6 is 11.8 Å². The molecule has 1 amide bonds. The molecule has 4 rings (SSSR count). The number of carbonyl (C=O) groups excluding carboxylic acids is 1. The molecule has 1 N–H and O–H groups in total. The minimum atomic E-state index is -3.85. The van der Waals surface area contributed by atoms with Crippen LogP contribution in [0.25, 0.3) is 0 Å². The Hall–Kier alpha value is -2.30. The number of amides is 1. The molecule has 7 nitrogen and oxygen atoms in total. The van der Waals surface area contributed by atoms with Gasteiger partial charge < -0.3 is 14.8 Å². The Balaban J connectivity index is 1.33. The van der Waals surface area contributed by atoms with Gasteiger partial charge in [0.1, 0.15) is 25.1 Å². The van der Waals surface area contributed by atoms with Crippen molar-refractivity contribution >= 4 is 27.7 Å². The lowest BCUT2D eigenvalue weighted by Crippen LogP contribution is -2.46. The Morgan fingerprint density at radius 1 is 1.16 bits per heavy atom. The first-order valence-corrected chi connectivity index (χ1v) is 13.1. The van der Waals surface area contributed by atoms with Gasteiger partial charge in [0.15, 0.2) is 11.5 Å². The van der Waals surface area contributed by atoms with Gasteiger partial charge in [0.25, 0.3) is 0 Å². The average Bonchev–Trinajstić information content (AvgIpc) is 3.31. The summed E-state index contributed by atoms with van der Waals surface area (Å²) >= 11 is 1.51. The van der Waals surface area contributed by atoms with Gasteiger partial charge in [-0.3, -0.25) is 4.79 Å². The Bertz CT molecular complexity index is 1080. The molecule has 172 valence electrons. The van der Waals surface area contributed by atoms with Gasteiger partial charge in [0.05, 0.1) is 4.90 Å². The van der Waals surface area contributed by atoms with Gasteiger partial charge in [-0.25, -0.2) is 12.8 Å². The van der Waals surface area contributed by atoms with Crippen LogP contribution < -0.4 is 14.8 Å². The molecule has 0 saturated carbocycles. The molecule has 2 aromatic carbocycles. The highest BCUT2D eigenvalue weighted by molar-refractivity contribution is 7.98. The summed E-state index contributed by atoms with van der Waals surface area (Å²) in [6, 6.07) is 10.4. The SMILES string of the molecule is O=C(NCCSCc1ccccc1F)C1CCCN1S(=O)(=O)c1ccc2c(c1)OCCO2. The van der Waals surface area contributed by atoms with E-state index in [1.807, 2.05) is 0 Å². The quantitative estimate of drug-likeness (QED) is 0.585. The van der Waals surface area contributed by atoms with Crippen LogP contribution in [0.5, 0.6) is 11.5 Å². The molecule has 10 heteroatoms. The van der Waals surface area contributed by atoms with Crippen molar-refractivity contribution in [2.45, 2.75) is 29.5 Å². The van der Waals surface area contributed by atoms with Gasteiger partial charge in [-0.2, -0.15) is 16.1 Å². The van der Waals surface area contributed by atoms with Crippen molar-refractivity contribution in [1.82, 2.24) is 9.62 Å². The molecule has 2 aliphatic heterocycles. The van der Waals surface area contributed by atoms with Crippen molar-refractivity contribution in [1.29, 1.82) is 0 Å². The van der Waals surface area contributed by atoms with Crippen LogP contribution in [0.4, 0.5) is 4.39 Å². The number of thioether (sulfide) groups is 1. The molecular weight excluding hydrogens is 455 g/mol. The van der Waals surface area contributed by atoms with E-state index in [1.165, 1.54) is 34.3 Å². The predicted octanol–water partition coefficient (Wildman–Crippen LogP) is 2.80. The number of rotatable bonds is 8. The topological polar surface area (TPSA) is 84.9 Å². The standard InChI is InChI=1S/C22H25FN2O5S2/c23-18-5-2-1-4-16(18)15-31-13-9-24-22(26)19-6-3-10-25(19)32(27,28)17-7-8-20-21(14-17)30-12-11-29-20/h1-2,4-5,7-8,14,19H,3,6,9-13,15H2,(H,24,26). The highest BCUT2D eigenvalue weighted by atomic mass is 32.2. The molecule has 1 saturated heterocycles. The van der Waals surface area contributed by atoms with E-state index in [2.05, 4.69) is 5.32 Å². The molecule has 1 fully saturated rings. The normalized spacial score (nSPS) is 18.5. The van der Waals surface area contributed by atoms with E-state index >= 15 is 0 Å². The Morgan fingerprint density at radius 2 is 1.94 bits per heavy atom. The molecule has 1 atom stereocenters. The van der Waals surface area contributed by atoms with Crippen LogP contribution in [0.2, 0.25) is 0 Å². The van der Waals surface area contributed by atoms with Crippen molar-refractivity contribution in [2.75, 3.05) is 32.1 Å². The number of ether oxygens (including phenoxy) is 2. The van der Waals surface area contributed by atoms with Crippen LogP contribution in [0.15, 0.2) is 47.4 Å². The van der Waals surface area contributed by atoms with Crippen molar-refractivity contribution in [2.24, 2.45) is 0 Å². The van der Waals surface area contributed by atoms with Crippen LogP contribution in [0.3, 0.4) is 0 Å². The van der Waals surface area contributed by atoms with Crippen molar-refractivity contribution in [3.63, 3.8) is 0 Å². The second-order valence-corrected chi connectivity index (χ2v) is 10.5. The van der Waals surface area contributed by atoms with Gasteiger partial charge in [0.2, 0.25) is 15.9 Å². The van der Waals surface area contributed by atoms with Gasteiger partial charge in [-0.05, 0) is 36.6 Å². The maximum Gasteiger partial charge on any atom is 0.243 e. The third kappa shape index (κ3) is 5.02. The van der Waals surface area contributed by atoms with E-state index in [-0.39, 0.29) is 23.2 Å². The summed E-state index contributed by atoms with van der Waals surface area (Å²) in [5, 5.41) is 2.82. The predicted molar refractivity (Wildman–Crippen MR) is 120 cm³/mol. The van der Waals surface area contributed by atoms with E-state index in [1.54, 1.807) is 24.3 Å². The number of halogens is 1. The first-order chi connectivity index (χ1) is 15.5. The number of hydrogen-bond donors (Lipinski definition) is 1. The zero-order valence-electron chi connectivity index (χ0n) is 17.5. The zero-order valence-corrected chi connectivity index (χ0v) is 19.1. The van der Waals surface area contributed by atoms with E-state index < -0.39 is 16.1 Å². The number of sulfonamides is 1. The summed E-state index contributed by atoms with van der Waals surface area (Å²) in [4.78, 5) is 12.8. The van der Waals surface area contributed by atoms with E-state index in [0.717, 1.165) is 0 Å². The maximum absolute atomic E-state index is 13.7. The maximum atomic E-state index is 13.7. The number of nitrogens with one attached hydrogen (secondary N) is 1. The monoisotopic (exact) mass is 480 g/mol. The molecular formula is C22H25FN2O5S2. The highest BCUT2D eigenvalue weighted by Gasteiger charge is 2.39. The van der Waals surface area contributed by atoms with E-state index in [4.69, 9.17) is 9.47 Å². The highest BCUT2D eigenvalue weighted by Crippen LogP contribution is 2.34. The van der Waals surface area contributed by atoms with Crippen LogP contribution in [0.1, 0.15) is 18.4 Å². The summed E-state index contributed by atoms with van der Waals surface area (Å²) < 4.78 is 52.3. The number of nitrogens with zero attached hydrogens (tertiary/aromatic N) is 1. The summed E-state index contributed by atoms with van der Waals surface area (Å²) in [7, 11) is -3.85. The molecule has 0 aromatic heterocycles. The summed E-state index contributed by atoms with van der Waals surface area (Å²) in [5.41, 5.74) is 0.622. The largest absolute Gasteiger partial charge is 0.486 e. The number of fused-ring (bicyclic) bond motifs is 1.